The van der Waals surface area contributed by atoms with Gasteiger partial charge in [-0.25, -0.2) is 0 Å². The van der Waals surface area contributed by atoms with Crippen molar-refractivity contribution in [2.75, 3.05) is 23.7 Å². The van der Waals surface area contributed by atoms with Gasteiger partial charge in [-0.3, -0.25) is 14.9 Å². The number of piperidine rings is 1. The topological polar surface area (TPSA) is 100 Å². The van der Waals surface area contributed by atoms with Crippen LogP contribution in [0.4, 0.5) is 11.4 Å². The number of anilines is 1. The fourth-order valence-electron chi connectivity index (χ4n) is 2.81. The number of benzene rings is 1. The van der Waals surface area contributed by atoms with Crippen molar-refractivity contribution in [2.45, 2.75) is 19.8 Å². The number of amidine groups is 1. The molecule has 2 aliphatic heterocycles. The highest BCUT2D eigenvalue weighted by Crippen LogP contribution is 2.32. The lowest BCUT2D eigenvalue weighted by Crippen LogP contribution is -2.33. The summed E-state index contributed by atoms with van der Waals surface area (Å²) in [6.07, 6.45) is 3.54. The standard InChI is InChI=1S/C16H19N5O3S/c1-11-4-6-20(7-5-11)13-3-2-12(8-14(13)21(23)24)9-17-19-16-18-15(22)10-25-16/h2-3,8-9,11H,4-7,10H2,1H3,(H,18,19,22)/b17-9-. The number of thioether (sulfide) groups is 1. The molecule has 0 bridgehead atoms. The Morgan fingerprint density at radius 1 is 1.40 bits per heavy atom. The van der Waals surface area contributed by atoms with Crippen molar-refractivity contribution >= 4 is 40.4 Å². The van der Waals surface area contributed by atoms with Crippen LogP contribution in [0.3, 0.4) is 0 Å². The zero-order valence-electron chi connectivity index (χ0n) is 13.8. The summed E-state index contributed by atoms with van der Waals surface area (Å²) in [5, 5.41) is 22.3. The third kappa shape index (κ3) is 4.36. The molecule has 0 saturated carbocycles. The van der Waals surface area contributed by atoms with Crippen molar-refractivity contribution in [1.29, 1.82) is 0 Å². The molecule has 1 amide bonds. The molecule has 0 unspecified atom stereocenters. The van der Waals surface area contributed by atoms with Crippen molar-refractivity contribution < 1.29 is 9.72 Å². The summed E-state index contributed by atoms with van der Waals surface area (Å²) >= 11 is 1.28. The Balaban J connectivity index is 1.77. The van der Waals surface area contributed by atoms with Crippen LogP contribution in [0, 0.1) is 16.0 Å². The van der Waals surface area contributed by atoms with E-state index < -0.39 is 0 Å². The van der Waals surface area contributed by atoms with E-state index in [1.807, 2.05) is 0 Å². The van der Waals surface area contributed by atoms with Crippen LogP contribution < -0.4 is 10.2 Å². The van der Waals surface area contributed by atoms with Gasteiger partial charge in [-0.1, -0.05) is 24.8 Å². The van der Waals surface area contributed by atoms with Gasteiger partial charge in [0.2, 0.25) is 5.91 Å². The first-order chi connectivity index (χ1) is 12.0. The van der Waals surface area contributed by atoms with Crippen molar-refractivity contribution in [3.8, 4) is 0 Å². The molecular weight excluding hydrogens is 342 g/mol. The van der Waals surface area contributed by atoms with Gasteiger partial charge in [0.15, 0.2) is 5.17 Å². The Bertz CT molecular complexity index is 741. The molecule has 2 fully saturated rings. The van der Waals surface area contributed by atoms with E-state index in [9.17, 15) is 14.9 Å². The van der Waals surface area contributed by atoms with E-state index in [1.54, 1.807) is 12.1 Å². The summed E-state index contributed by atoms with van der Waals surface area (Å²) in [6, 6.07) is 5.08. The van der Waals surface area contributed by atoms with Crippen molar-refractivity contribution in [2.24, 2.45) is 16.1 Å². The third-order valence-electron chi connectivity index (χ3n) is 4.26. The van der Waals surface area contributed by atoms with Gasteiger partial charge in [0.1, 0.15) is 5.69 Å². The lowest BCUT2D eigenvalue weighted by Gasteiger charge is -2.31. The van der Waals surface area contributed by atoms with Gasteiger partial charge in [-0.15, -0.1) is 5.10 Å². The second-order valence-corrected chi connectivity index (χ2v) is 7.13. The molecule has 132 valence electrons. The van der Waals surface area contributed by atoms with E-state index >= 15 is 0 Å². The fourth-order valence-corrected chi connectivity index (χ4v) is 3.44. The van der Waals surface area contributed by atoms with Crippen molar-refractivity contribution in [3.05, 3.63) is 33.9 Å². The first-order valence-electron chi connectivity index (χ1n) is 8.10. The molecule has 0 aromatic heterocycles. The Labute approximate surface area is 149 Å². The highest BCUT2D eigenvalue weighted by molar-refractivity contribution is 8.15. The molecule has 1 N–H and O–H groups in total. The molecule has 0 aliphatic carbocycles. The van der Waals surface area contributed by atoms with Gasteiger partial charge in [-0.2, -0.15) is 5.10 Å². The monoisotopic (exact) mass is 361 g/mol. The van der Waals surface area contributed by atoms with Gasteiger partial charge >= 0.3 is 0 Å². The largest absolute Gasteiger partial charge is 0.366 e. The molecule has 0 atom stereocenters. The van der Waals surface area contributed by atoms with E-state index in [1.165, 1.54) is 24.0 Å². The second-order valence-electron chi connectivity index (χ2n) is 6.16. The van der Waals surface area contributed by atoms with E-state index in [-0.39, 0.29) is 16.5 Å². The van der Waals surface area contributed by atoms with Crippen LogP contribution in [0.1, 0.15) is 25.3 Å². The first kappa shape index (κ1) is 17.4. The number of carbonyl (C=O) groups is 1. The minimum absolute atomic E-state index is 0.0784. The number of nitro groups is 1. The fraction of sp³-hybridized carbons (Fsp3) is 0.438. The lowest BCUT2D eigenvalue weighted by atomic mass is 9.98. The van der Waals surface area contributed by atoms with Crippen LogP contribution in [0.25, 0.3) is 0 Å². The van der Waals surface area contributed by atoms with Crippen LogP contribution in [-0.4, -0.2) is 41.1 Å². The number of carbonyl (C=O) groups excluding carboxylic acids is 1. The maximum atomic E-state index is 11.5. The molecule has 9 heteroatoms. The smallest absolute Gasteiger partial charge is 0.293 e. The number of rotatable bonds is 4. The van der Waals surface area contributed by atoms with Gasteiger partial charge in [-0.05, 0) is 24.8 Å². The van der Waals surface area contributed by atoms with Crippen molar-refractivity contribution in [3.63, 3.8) is 0 Å². The molecule has 3 rings (SSSR count). The number of nitrogens with zero attached hydrogens (tertiary/aromatic N) is 4. The SMILES string of the molecule is CC1CCN(c2ccc(/C=N\N=C3\NC(=O)CS3)cc2[N+](=O)[O-])CC1. The summed E-state index contributed by atoms with van der Waals surface area (Å²) in [7, 11) is 0. The molecule has 1 aromatic carbocycles. The minimum Gasteiger partial charge on any atom is -0.366 e. The van der Waals surface area contributed by atoms with E-state index in [4.69, 9.17) is 0 Å². The molecule has 1 aromatic rings. The summed E-state index contributed by atoms with van der Waals surface area (Å²) in [5.74, 6) is 0.896. The van der Waals surface area contributed by atoms with Crippen LogP contribution in [-0.2, 0) is 4.79 Å². The Morgan fingerprint density at radius 3 is 2.80 bits per heavy atom. The highest BCUT2D eigenvalue weighted by Gasteiger charge is 2.23. The summed E-state index contributed by atoms with van der Waals surface area (Å²) < 4.78 is 0. The average Bonchev–Trinajstić information content (AvgIpc) is 3.01. The number of amides is 1. The molecular formula is C16H19N5O3S. The maximum absolute atomic E-state index is 11.5. The lowest BCUT2D eigenvalue weighted by molar-refractivity contribution is -0.384. The summed E-state index contributed by atoms with van der Waals surface area (Å²) in [5.41, 5.74) is 1.33. The molecule has 0 spiro atoms. The van der Waals surface area contributed by atoms with Crippen LogP contribution in [0.15, 0.2) is 28.4 Å². The molecule has 0 radical (unpaired) electrons. The number of hydrogen-bond acceptors (Lipinski definition) is 7. The summed E-state index contributed by atoms with van der Waals surface area (Å²) in [4.78, 5) is 24.2. The highest BCUT2D eigenvalue weighted by atomic mass is 32.2. The predicted octanol–water partition coefficient (Wildman–Crippen LogP) is 2.38. The predicted molar refractivity (Wildman–Crippen MR) is 99.3 cm³/mol. The number of nitrogens with one attached hydrogen (secondary N) is 1. The maximum Gasteiger partial charge on any atom is 0.293 e. The normalized spacial score (nSPS) is 20.4. The Kier molecular flexibility index (Phi) is 5.32. The molecule has 8 nitrogen and oxygen atoms in total. The van der Waals surface area contributed by atoms with Gasteiger partial charge in [0.25, 0.3) is 5.69 Å². The van der Waals surface area contributed by atoms with Gasteiger partial charge < -0.3 is 10.2 Å². The van der Waals surface area contributed by atoms with Crippen molar-refractivity contribution in [1.82, 2.24) is 5.32 Å². The molecule has 25 heavy (non-hydrogen) atoms. The quantitative estimate of drug-likeness (QED) is 0.504. The van der Waals surface area contributed by atoms with Gasteiger partial charge in [0, 0.05) is 24.7 Å². The summed E-state index contributed by atoms with van der Waals surface area (Å²) in [6.45, 7) is 3.87. The van der Waals surface area contributed by atoms with Gasteiger partial charge in [0.05, 0.1) is 16.9 Å². The van der Waals surface area contributed by atoms with Crippen LogP contribution in [0.2, 0.25) is 0 Å². The average molecular weight is 361 g/mol. The van der Waals surface area contributed by atoms with Crippen LogP contribution in [0.5, 0.6) is 0 Å². The second kappa shape index (κ2) is 7.64. The number of nitro benzene ring substituents is 1. The zero-order valence-corrected chi connectivity index (χ0v) is 14.7. The molecule has 2 aliphatic rings. The first-order valence-corrected chi connectivity index (χ1v) is 9.08. The van der Waals surface area contributed by atoms with E-state index in [2.05, 4.69) is 27.3 Å². The Hall–Kier alpha value is -2.42. The molecule has 2 heterocycles. The van der Waals surface area contributed by atoms with E-state index in [0.29, 0.717) is 28.1 Å². The Morgan fingerprint density at radius 2 is 2.16 bits per heavy atom. The third-order valence-corrected chi connectivity index (χ3v) is 5.13. The minimum atomic E-state index is -0.357. The molecule has 2 saturated heterocycles. The van der Waals surface area contributed by atoms with Crippen LogP contribution >= 0.6 is 11.8 Å². The van der Waals surface area contributed by atoms with E-state index in [0.717, 1.165) is 25.9 Å². The zero-order chi connectivity index (χ0) is 17.8. The number of hydrogen-bond donors (Lipinski definition) is 1.